The van der Waals surface area contributed by atoms with Crippen molar-refractivity contribution in [3.05, 3.63) is 51.5 Å². The number of nitrogens with zero attached hydrogens (tertiary/aromatic N) is 1. The third kappa shape index (κ3) is 2.76. The number of nitrogens with two attached hydrogens (primary N) is 1. The molecule has 3 aromatic rings. The lowest BCUT2D eigenvalue weighted by atomic mass is 10.1. The monoisotopic (exact) mass is 339 g/mol. The molecule has 24 heavy (non-hydrogen) atoms. The lowest BCUT2D eigenvalue weighted by Crippen LogP contribution is -2.12. The van der Waals surface area contributed by atoms with E-state index < -0.39 is 0 Å². The van der Waals surface area contributed by atoms with Crippen molar-refractivity contribution in [2.75, 3.05) is 11.1 Å². The van der Waals surface area contributed by atoms with E-state index in [1.807, 2.05) is 45.0 Å². The Bertz CT molecular complexity index is 926. The van der Waals surface area contributed by atoms with Crippen LogP contribution < -0.4 is 11.1 Å². The number of nitrogen functional groups attached to an aromatic ring is 1. The van der Waals surface area contributed by atoms with Crippen molar-refractivity contribution in [3.63, 3.8) is 0 Å². The zero-order valence-corrected chi connectivity index (χ0v) is 15.2. The fourth-order valence-corrected chi connectivity index (χ4v) is 3.84. The molecular formula is C19H21N3OS. The second kappa shape index (κ2) is 6.24. The molecule has 2 heterocycles. The zero-order chi connectivity index (χ0) is 17.4. The van der Waals surface area contributed by atoms with Crippen molar-refractivity contribution >= 4 is 38.8 Å². The van der Waals surface area contributed by atoms with Gasteiger partial charge in [-0.15, -0.1) is 11.3 Å². The smallest absolute Gasteiger partial charge is 0.267 e. The van der Waals surface area contributed by atoms with Crippen LogP contribution in [0.2, 0.25) is 0 Å². The van der Waals surface area contributed by atoms with Gasteiger partial charge in [0.25, 0.3) is 5.91 Å². The Morgan fingerprint density at radius 3 is 2.46 bits per heavy atom. The highest BCUT2D eigenvalue weighted by molar-refractivity contribution is 7.21. The van der Waals surface area contributed by atoms with Gasteiger partial charge in [0.15, 0.2) is 0 Å². The van der Waals surface area contributed by atoms with E-state index in [1.165, 1.54) is 16.9 Å². The van der Waals surface area contributed by atoms with Crippen LogP contribution in [0.5, 0.6) is 0 Å². The van der Waals surface area contributed by atoms with Crippen LogP contribution in [0.4, 0.5) is 11.4 Å². The van der Waals surface area contributed by atoms with Crippen LogP contribution >= 0.6 is 11.3 Å². The summed E-state index contributed by atoms with van der Waals surface area (Å²) in [4.78, 5) is 18.6. The van der Waals surface area contributed by atoms with Crippen molar-refractivity contribution in [1.82, 2.24) is 4.98 Å². The van der Waals surface area contributed by atoms with E-state index in [0.717, 1.165) is 39.1 Å². The minimum Gasteiger partial charge on any atom is -0.397 e. The molecule has 4 nitrogen and oxygen atoms in total. The molecule has 0 radical (unpaired) electrons. The van der Waals surface area contributed by atoms with Gasteiger partial charge in [0.1, 0.15) is 9.71 Å². The largest absolute Gasteiger partial charge is 0.397 e. The summed E-state index contributed by atoms with van der Waals surface area (Å²) in [6.07, 6.45) is 0.973. The van der Waals surface area contributed by atoms with Gasteiger partial charge in [-0.3, -0.25) is 4.79 Å². The molecular weight excluding hydrogens is 318 g/mol. The summed E-state index contributed by atoms with van der Waals surface area (Å²) in [6, 6.07) is 7.86. The number of nitrogens with one attached hydrogen (secondary N) is 1. The number of pyridine rings is 1. The topological polar surface area (TPSA) is 68.0 Å². The molecule has 0 saturated heterocycles. The summed E-state index contributed by atoms with van der Waals surface area (Å²) < 4.78 is 0. The fourth-order valence-electron chi connectivity index (χ4n) is 2.75. The third-order valence-corrected chi connectivity index (χ3v) is 5.60. The first-order valence-electron chi connectivity index (χ1n) is 7.98. The van der Waals surface area contributed by atoms with Crippen molar-refractivity contribution in [1.29, 1.82) is 0 Å². The van der Waals surface area contributed by atoms with E-state index in [-0.39, 0.29) is 5.91 Å². The lowest BCUT2D eigenvalue weighted by molar-refractivity contribution is 0.103. The average molecular weight is 339 g/mol. The zero-order valence-electron chi connectivity index (χ0n) is 14.4. The number of amides is 1. The van der Waals surface area contributed by atoms with Gasteiger partial charge in [-0.1, -0.05) is 19.1 Å². The number of hydrogen-bond acceptors (Lipinski definition) is 4. The van der Waals surface area contributed by atoms with Crippen LogP contribution in [0.3, 0.4) is 0 Å². The number of carbonyl (C=O) groups excluding carboxylic acids is 1. The molecule has 1 amide bonds. The highest BCUT2D eigenvalue weighted by Crippen LogP contribution is 2.36. The maximum Gasteiger partial charge on any atom is 0.267 e. The minimum atomic E-state index is -0.186. The Balaban J connectivity index is 1.97. The molecule has 124 valence electrons. The SMILES string of the molecule is CCc1ccc(NC(=O)c2sc3nc(C)c(C)c(C)c3c2N)cc1. The van der Waals surface area contributed by atoms with Crippen molar-refractivity contribution in [2.45, 2.75) is 34.1 Å². The van der Waals surface area contributed by atoms with Crippen molar-refractivity contribution < 1.29 is 4.79 Å². The van der Waals surface area contributed by atoms with Gasteiger partial charge in [0.2, 0.25) is 0 Å². The molecule has 0 unspecified atom stereocenters. The van der Waals surface area contributed by atoms with Crippen molar-refractivity contribution in [2.24, 2.45) is 0 Å². The first-order valence-corrected chi connectivity index (χ1v) is 8.80. The highest BCUT2D eigenvalue weighted by atomic mass is 32.1. The molecule has 3 N–H and O–H groups in total. The Morgan fingerprint density at radius 1 is 1.17 bits per heavy atom. The second-order valence-corrected chi connectivity index (χ2v) is 6.98. The third-order valence-electron chi connectivity index (χ3n) is 4.50. The van der Waals surface area contributed by atoms with Gasteiger partial charge < -0.3 is 11.1 Å². The summed E-state index contributed by atoms with van der Waals surface area (Å²) in [5.41, 5.74) is 12.0. The second-order valence-electron chi connectivity index (χ2n) is 5.98. The van der Waals surface area contributed by atoms with Gasteiger partial charge in [-0.05, 0) is 56.0 Å². The number of hydrogen-bond donors (Lipinski definition) is 2. The van der Waals surface area contributed by atoms with E-state index >= 15 is 0 Å². The van der Waals surface area contributed by atoms with Crippen LogP contribution in [0.1, 0.15) is 39.0 Å². The van der Waals surface area contributed by atoms with E-state index in [0.29, 0.717) is 10.6 Å². The number of benzene rings is 1. The molecule has 1 aromatic carbocycles. The Hall–Kier alpha value is -2.40. The molecule has 0 spiro atoms. The van der Waals surface area contributed by atoms with Crippen LogP contribution in [-0.2, 0) is 6.42 Å². The van der Waals surface area contributed by atoms with E-state index in [1.54, 1.807) is 0 Å². The van der Waals surface area contributed by atoms with Crippen LogP contribution in [0, 0.1) is 20.8 Å². The molecule has 3 rings (SSSR count). The standard InChI is InChI=1S/C19H21N3OS/c1-5-13-6-8-14(9-7-13)22-18(23)17-16(20)15-11(3)10(2)12(4)21-19(15)24-17/h6-9H,5,20H2,1-4H3,(H,22,23). The maximum absolute atomic E-state index is 12.6. The Labute approximate surface area is 145 Å². The molecule has 0 bridgehead atoms. The summed E-state index contributed by atoms with van der Waals surface area (Å²) >= 11 is 1.35. The Morgan fingerprint density at radius 2 is 1.83 bits per heavy atom. The molecule has 0 aliphatic heterocycles. The molecule has 0 aliphatic rings. The van der Waals surface area contributed by atoms with Crippen molar-refractivity contribution in [3.8, 4) is 0 Å². The summed E-state index contributed by atoms with van der Waals surface area (Å²) in [6.45, 7) is 8.14. The van der Waals surface area contributed by atoms with E-state index in [2.05, 4.69) is 17.2 Å². The van der Waals surface area contributed by atoms with Crippen LogP contribution in [-0.4, -0.2) is 10.9 Å². The van der Waals surface area contributed by atoms with E-state index in [4.69, 9.17) is 5.73 Å². The van der Waals surface area contributed by atoms with Gasteiger partial charge in [0.05, 0.1) is 5.69 Å². The summed E-state index contributed by atoms with van der Waals surface area (Å²) in [7, 11) is 0. The highest BCUT2D eigenvalue weighted by Gasteiger charge is 2.20. The maximum atomic E-state index is 12.6. The molecule has 0 saturated carbocycles. The first-order chi connectivity index (χ1) is 11.4. The van der Waals surface area contributed by atoms with Gasteiger partial charge in [-0.2, -0.15) is 0 Å². The normalized spacial score (nSPS) is 11.0. The van der Waals surface area contributed by atoms with E-state index in [9.17, 15) is 4.79 Å². The van der Waals surface area contributed by atoms with Gasteiger partial charge >= 0.3 is 0 Å². The molecule has 0 aliphatic carbocycles. The minimum absolute atomic E-state index is 0.186. The molecule has 5 heteroatoms. The number of aromatic nitrogens is 1. The first kappa shape index (κ1) is 16.5. The quantitative estimate of drug-likeness (QED) is 0.731. The number of aryl methyl sites for hydroxylation is 3. The number of fused-ring (bicyclic) bond motifs is 1. The lowest BCUT2D eigenvalue weighted by Gasteiger charge is -2.06. The number of rotatable bonds is 3. The van der Waals surface area contributed by atoms with Gasteiger partial charge in [0, 0.05) is 16.8 Å². The fraction of sp³-hybridized carbons (Fsp3) is 0.263. The Kier molecular flexibility index (Phi) is 4.28. The molecule has 2 aromatic heterocycles. The number of anilines is 2. The van der Waals surface area contributed by atoms with Crippen LogP contribution in [0.25, 0.3) is 10.2 Å². The number of carbonyl (C=O) groups is 1. The molecule has 0 atom stereocenters. The number of thiophene rings is 1. The predicted octanol–water partition coefficient (Wildman–Crippen LogP) is 4.62. The predicted molar refractivity (Wildman–Crippen MR) is 102 cm³/mol. The summed E-state index contributed by atoms with van der Waals surface area (Å²) in [5, 5.41) is 3.82. The van der Waals surface area contributed by atoms with Gasteiger partial charge in [-0.25, -0.2) is 4.98 Å². The summed E-state index contributed by atoms with van der Waals surface area (Å²) in [5.74, 6) is -0.186. The van der Waals surface area contributed by atoms with Crippen LogP contribution in [0.15, 0.2) is 24.3 Å². The molecule has 0 fully saturated rings. The average Bonchev–Trinajstić information content (AvgIpc) is 2.90.